The molecular weight excluding hydrogens is 629 g/mol. The van der Waals surface area contributed by atoms with Crippen LogP contribution in [0.4, 0.5) is 34.1 Å². The molecule has 248 valence electrons. The van der Waals surface area contributed by atoms with E-state index < -0.39 is 0 Å². The summed E-state index contributed by atoms with van der Waals surface area (Å²) in [6.45, 7) is 0. The Kier molecular flexibility index (Phi) is 9.53. The average Bonchev–Trinajstić information content (AvgIpc) is 3.23. The zero-order valence-corrected chi connectivity index (χ0v) is 28.8. The van der Waals surface area contributed by atoms with Crippen LogP contribution in [-0.4, -0.2) is 0 Å². The molecule has 0 N–H and O–H groups in total. The van der Waals surface area contributed by atoms with Crippen LogP contribution in [0.1, 0.15) is 11.1 Å². The van der Waals surface area contributed by atoms with E-state index in [1.54, 1.807) is 0 Å². The van der Waals surface area contributed by atoms with Gasteiger partial charge in [0.15, 0.2) is 0 Å². The van der Waals surface area contributed by atoms with Crippen LogP contribution in [0.15, 0.2) is 218 Å². The third-order valence-electron chi connectivity index (χ3n) is 9.26. The Morgan fingerprint density at radius 2 is 0.423 bits per heavy atom. The van der Waals surface area contributed by atoms with Crippen molar-refractivity contribution in [1.82, 2.24) is 0 Å². The lowest BCUT2D eigenvalue weighted by molar-refractivity contribution is 1.28. The third-order valence-corrected chi connectivity index (χ3v) is 9.26. The number of benzene rings is 8. The lowest BCUT2D eigenvalue weighted by Crippen LogP contribution is -2.09. The van der Waals surface area contributed by atoms with E-state index in [-0.39, 0.29) is 0 Å². The molecule has 0 aliphatic carbocycles. The fourth-order valence-corrected chi connectivity index (χ4v) is 6.57. The number of nitrogens with zero attached hydrogens (tertiary/aromatic N) is 2. The first-order valence-corrected chi connectivity index (χ1v) is 17.7. The van der Waals surface area contributed by atoms with Gasteiger partial charge in [-0.2, -0.15) is 0 Å². The van der Waals surface area contributed by atoms with Crippen LogP contribution >= 0.6 is 0 Å². The summed E-state index contributed by atoms with van der Waals surface area (Å²) in [5.41, 5.74) is 13.9. The number of hydrogen-bond donors (Lipinski definition) is 0. The second-order valence-electron chi connectivity index (χ2n) is 12.7. The first kappa shape index (κ1) is 32.3. The van der Waals surface area contributed by atoms with E-state index in [4.69, 9.17) is 0 Å². The van der Waals surface area contributed by atoms with Crippen molar-refractivity contribution in [1.29, 1.82) is 0 Å². The summed E-state index contributed by atoms with van der Waals surface area (Å²) in [6, 6.07) is 77.2. The molecule has 0 saturated carbocycles. The lowest BCUT2D eigenvalue weighted by atomic mass is 10.0. The molecule has 8 rings (SSSR count). The Balaban J connectivity index is 0.938. The van der Waals surface area contributed by atoms with Gasteiger partial charge in [0.25, 0.3) is 0 Å². The molecule has 0 aliphatic heterocycles. The van der Waals surface area contributed by atoms with Crippen molar-refractivity contribution in [2.24, 2.45) is 0 Å². The Labute approximate surface area is 306 Å². The van der Waals surface area contributed by atoms with Gasteiger partial charge in [-0.05, 0) is 106 Å². The predicted octanol–water partition coefficient (Wildman–Crippen LogP) is 14.1. The topological polar surface area (TPSA) is 6.48 Å². The molecule has 0 unspecified atom stereocenters. The highest BCUT2D eigenvalue weighted by Gasteiger charge is 2.13. The molecule has 2 heteroatoms. The summed E-state index contributed by atoms with van der Waals surface area (Å²) in [5, 5.41) is 0. The van der Waals surface area contributed by atoms with Crippen LogP contribution in [0.5, 0.6) is 0 Å². The maximum atomic E-state index is 2.28. The number of hydrogen-bond acceptors (Lipinski definition) is 2. The van der Waals surface area contributed by atoms with Crippen molar-refractivity contribution in [3.63, 3.8) is 0 Å². The molecule has 0 heterocycles. The first-order chi connectivity index (χ1) is 25.8. The maximum Gasteiger partial charge on any atom is 0.0462 e. The van der Waals surface area contributed by atoms with Crippen LogP contribution in [0, 0.1) is 0 Å². The summed E-state index contributed by atoms with van der Waals surface area (Å²) in [7, 11) is 0. The lowest BCUT2D eigenvalue weighted by Gasteiger charge is -2.25. The molecule has 8 aromatic carbocycles. The molecule has 0 saturated heterocycles. The largest absolute Gasteiger partial charge is 0.311 e. The molecule has 0 fully saturated rings. The van der Waals surface area contributed by atoms with Gasteiger partial charge in [-0.3, -0.25) is 0 Å². The van der Waals surface area contributed by atoms with E-state index >= 15 is 0 Å². The highest BCUT2D eigenvalue weighted by Crippen LogP contribution is 2.37. The fraction of sp³-hybridized carbons (Fsp3) is 0. The molecule has 0 aromatic heterocycles. The molecule has 0 bridgehead atoms. The summed E-state index contributed by atoms with van der Waals surface area (Å²) >= 11 is 0. The molecular formula is C50H38N2. The van der Waals surface area contributed by atoms with Crippen LogP contribution in [-0.2, 0) is 0 Å². The van der Waals surface area contributed by atoms with Crippen molar-refractivity contribution < 1.29 is 0 Å². The second-order valence-corrected chi connectivity index (χ2v) is 12.7. The normalized spacial score (nSPS) is 11.0. The summed E-state index contributed by atoms with van der Waals surface area (Å²) < 4.78 is 0. The Morgan fingerprint density at radius 3 is 0.673 bits per heavy atom. The molecule has 0 amide bonds. The van der Waals surface area contributed by atoms with Crippen LogP contribution in [0.3, 0.4) is 0 Å². The van der Waals surface area contributed by atoms with E-state index in [0.29, 0.717) is 0 Å². The Morgan fingerprint density at radius 1 is 0.212 bits per heavy atom. The van der Waals surface area contributed by atoms with Gasteiger partial charge < -0.3 is 9.80 Å². The van der Waals surface area contributed by atoms with Gasteiger partial charge in [-0.25, -0.2) is 0 Å². The van der Waals surface area contributed by atoms with E-state index in [0.717, 1.165) is 34.1 Å². The molecule has 8 aromatic rings. The highest BCUT2D eigenvalue weighted by atomic mass is 15.1. The van der Waals surface area contributed by atoms with Gasteiger partial charge in [0, 0.05) is 34.1 Å². The standard InChI is InChI=1S/C50H38N2/c1-5-13-45(14-6-1)51(46-15-7-2-8-16-46)49-35-31-43(32-36-49)41-27-23-39(24-28-41)21-22-40-25-29-42(30-26-40)44-33-37-50(38-34-44)52(47-17-9-3-10-18-47)48-19-11-4-12-20-48/h1-38H. The third kappa shape index (κ3) is 7.33. The van der Waals surface area contributed by atoms with Crippen molar-refractivity contribution in [3.05, 3.63) is 230 Å². The van der Waals surface area contributed by atoms with Crippen LogP contribution in [0.25, 0.3) is 34.4 Å². The maximum absolute atomic E-state index is 2.28. The minimum Gasteiger partial charge on any atom is -0.311 e. The quantitative estimate of drug-likeness (QED) is 0.134. The molecule has 52 heavy (non-hydrogen) atoms. The monoisotopic (exact) mass is 666 g/mol. The van der Waals surface area contributed by atoms with E-state index in [9.17, 15) is 0 Å². The van der Waals surface area contributed by atoms with Crippen molar-refractivity contribution in [3.8, 4) is 22.3 Å². The van der Waals surface area contributed by atoms with Gasteiger partial charge >= 0.3 is 0 Å². The van der Waals surface area contributed by atoms with E-state index in [1.165, 1.54) is 33.4 Å². The minimum atomic E-state index is 1.13. The van der Waals surface area contributed by atoms with Crippen LogP contribution < -0.4 is 9.80 Å². The second kappa shape index (κ2) is 15.3. The first-order valence-electron chi connectivity index (χ1n) is 17.7. The number of rotatable bonds is 10. The van der Waals surface area contributed by atoms with Crippen LogP contribution in [0.2, 0.25) is 0 Å². The van der Waals surface area contributed by atoms with Crippen molar-refractivity contribution >= 4 is 46.3 Å². The van der Waals surface area contributed by atoms with Crippen molar-refractivity contribution in [2.45, 2.75) is 0 Å². The number of anilines is 6. The Hall–Kier alpha value is -6.90. The zero-order chi connectivity index (χ0) is 35.0. The van der Waals surface area contributed by atoms with Gasteiger partial charge in [-0.15, -0.1) is 0 Å². The number of para-hydroxylation sites is 4. The zero-order valence-electron chi connectivity index (χ0n) is 28.8. The SMILES string of the molecule is C(=Cc1ccc(-c2ccc(N(c3ccccc3)c3ccccc3)cc2)cc1)c1ccc(-c2ccc(N(c3ccccc3)c3ccccc3)cc2)cc1. The molecule has 0 radical (unpaired) electrons. The summed E-state index contributed by atoms with van der Waals surface area (Å²) in [4.78, 5) is 4.57. The van der Waals surface area contributed by atoms with E-state index in [1.807, 2.05) is 0 Å². The van der Waals surface area contributed by atoms with Gasteiger partial charge in [0.2, 0.25) is 0 Å². The molecule has 0 spiro atoms. The average molecular weight is 667 g/mol. The molecule has 0 atom stereocenters. The van der Waals surface area contributed by atoms with Gasteiger partial charge in [0.05, 0.1) is 0 Å². The van der Waals surface area contributed by atoms with Gasteiger partial charge in [-0.1, -0.05) is 158 Å². The summed E-state index contributed by atoms with van der Waals surface area (Å²) in [6.07, 6.45) is 4.35. The highest BCUT2D eigenvalue weighted by molar-refractivity contribution is 5.80. The molecule has 2 nitrogen and oxygen atoms in total. The van der Waals surface area contributed by atoms with E-state index in [2.05, 4.69) is 240 Å². The molecule has 0 aliphatic rings. The summed E-state index contributed by atoms with van der Waals surface area (Å²) in [5.74, 6) is 0. The van der Waals surface area contributed by atoms with Gasteiger partial charge in [0.1, 0.15) is 0 Å². The smallest absolute Gasteiger partial charge is 0.0462 e. The predicted molar refractivity (Wildman–Crippen MR) is 222 cm³/mol. The minimum absolute atomic E-state index is 1.13. The fourth-order valence-electron chi connectivity index (χ4n) is 6.57. The Bertz CT molecular complexity index is 2080. The van der Waals surface area contributed by atoms with Crippen molar-refractivity contribution in [2.75, 3.05) is 9.80 Å².